The number of carbonyl (C=O) groups is 1. The predicted molar refractivity (Wildman–Crippen MR) is 106 cm³/mol. The van der Waals surface area contributed by atoms with Gasteiger partial charge in [0.15, 0.2) is 5.96 Å². The molecular formula is C16H27IN4O4. The molecule has 0 unspecified atom stereocenters. The number of carbonyl (C=O) groups excluding carboxylic acids is 1. The van der Waals surface area contributed by atoms with Crippen LogP contribution in [0.25, 0.3) is 0 Å². The first-order valence-corrected chi connectivity index (χ1v) is 8.23. The van der Waals surface area contributed by atoms with Gasteiger partial charge in [-0.25, -0.2) is 4.79 Å². The number of hydrogen-bond acceptors (Lipinski definition) is 6. The molecular weight excluding hydrogens is 439 g/mol. The third kappa shape index (κ3) is 7.61. The Kier molecular flexibility index (Phi) is 10.5. The third-order valence-electron chi connectivity index (χ3n) is 3.62. The third-order valence-corrected chi connectivity index (χ3v) is 3.62. The number of furan rings is 1. The highest BCUT2D eigenvalue weighted by molar-refractivity contribution is 14.0. The maximum atomic E-state index is 11.6. The molecule has 0 spiro atoms. The van der Waals surface area contributed by atoms with E-state index in [-0.39, 0.29) is 29.7 Å². The minimum absolute atomic E-state index is 0. The molecule has 0 aromatic carbocycles. The van der Waals surface area contributed by atoms with Crippen LogP contribution in [0.3, 0.4) is 0 Å². The van der Waals surface area contributed by atoms with Crippen molar-refractivity contribution < 1.29 is 18.7 Å². The van der Waals surface area contributed by atoms with Crippen molar-refractivity contribution in [2.45, 2.75) is 13.5 Å². The molecule has 8 nitrogen and oxygen atoms in total. The summed E-state index contributed by atoms with van der Waals surface area (Å²) in [6, 6.07) is 3.36. The largest absolute Gasteiger partial charge is 0.460 e. The molecule has 0 saturated carbocycles. The summed E-state index contributed by atoms with van der Waals surface area (Å²) in [7, 11) is 1.72. The maximum absolute atomic E-state index is 11.6. The molecule has 25 heavy (non-hydrogen) atoms. The van der Waals surface area contributed by atoms with Crippen LogP contribution in [0.2, 0.25) is 0 Å². The van der Waals surface area contributed by atoms with Crippen molar-refractivity contribution in [2.24, 2.45) is 4.99 Å². The Balaban J connectivity index is 0.00000312. The Morgan fingerprint density at radius 1 is 1.32 bits per heavy atom. The first kappa shape index (κ1) is 21.7. The number of guanidine groups is 1. The highest BCUT2D eigenvalue weighted by atomic mass is 127. The molecule has 1 saturated heterocycles. The summed E-state index contributed by atoms with van der Waals surface area (Å²) >= 11 is 0. The summed E-state index contributed by atoms with van der Waals surface area (Å²) in [6.07, 6.45) is 0. The van der Waals surface area contributed by atoms with Crippen LogP contribution in [0.15, 0.2) is 21.5 Å². The van der Waals surface area contributed by atoms with Crippen LogP contribution in [0.5, 0.6) is 0 Å². The zero-order valence-corrected chi connectivity index (χ0v) is 17.1. The van der Waals surface area contributed by atoms with Crippen molar-refractivity contribution in [1.82, 2.24) is 15.5 Å². The van der Waals surface area contributed by atoms with E-state index in [2.05, 4.69) is 20.5 Å². The first-order chi connectivity index (χ1) is 11.7. The summed E-state index contributed by atoms with van der Waals surface area (Å²) in [5.41, 5.74) is 0. The predicted octanol–water partition coefficient (Wildman–Crippen LogP) is 1.07. The molecule has 1 aliphatic heterocycles. The smallest absolute Gasteiger partial charge is 0.374 e. The lowest BCUT2D eigenvalue weighted by Gasteiger charge is -2.26. The molecule has 1 aromatic rings. The minimum Gasteiger partial charge on any atom is -0.460 e. The highest BCUT2D eigenvalue weighted by Gasteiger charge is 2.12. The standard InChI is InChI=1S/C16H26N4O4.HI/c1-3-23-15(21)14-5-4-13(24-14)12-19-16(17-2)18-6-7-20-8-10-22-11-9-20;/h4-5H,3,6-12H2,1-2H3,(H2,17,18,19);1H. The van der Waals surface area contributed by atoms with E-state index in [4.69, 9.17) is 13.9 Å². The van der Waals surface area contributed by atoms with E-state index in [1.807, 2.05) is 0 Å². The van der Waals surface area contributed by atoms with Gasteiger partial charge in [0, 0.05) is 33.2 Å². The Labute approximate surface area is 165 Å². The quantitative estimate of drug-likeness (QED) is 0.269. The Hall–Kier alpha value is -1.33. The zero-order chi connectivity index (χ0) is 17.2. The van der Waals surface area contributed by atoms with Gasteiger partial charge in [0.25, 0.3) is 0 Å². The van der Waals surface area contributed by atoms with Gasteiger partial charge in [0.1, 0.15) is 5.76 Å². The topological polar surface area (TPSA) is 88.3 Å². The second-order valence-corrected chi connectivity index (χ2v) is 5.29. The number of ether oxygens (including phenoxy) is 2. The number of morpholine rings is 1. The normalized spacial score (nSPS) is 15.4. The second kappa shape index (κ2) is 12.1. The summed E-state index contributed by atoms with van der Waals surface area (Å²) < 4.78 is 15.7. The number of halogens is 1. The fraction of sp³-hybridized carbons (Fsp3) is 0.625. The molecule has 142 valence electrons. The Morgan fingerprint density at radius 2 is 2.08 bits per heavy atom. The Morgan fingerprint density at radius 3 is 2.76 bits per heavy atom. The molecule has 2 rings (SSSR count). The number of aliphatic imine (C=N–C) groups is 1. The maximum Gasteiger partial charge on any atom is 0.374 e. The molecule has 2 heterocycles. The number of rotatable bonds is 7. The van der Waals surface area contributed by atoms with Gasteiger partial charge in [-0.2, -0.15) is 0 Å². The molecule has 1 aliphatic rings. The van der Waals surface area contributed by atoms with Crippen LogP contribution in [0.4, 0.5) is 0 Å². The van der Waals surface area contributed by atoms with Gasteiger partial charge in [-0.1, -0.05) is 0 Å². The Bertz CT molecular complexity index is 544. The van der Waals surface area contributed by atoms with E-state index >= 15 is 0 Å². The van der Waals surface area contributed by atoms with E-state index in [1.165, 1.54) is 0 Å². The van der Waals surface area contributed by atoms with Crippen LogP contribution in [-0.4, -0.2) is 69.9 Å². The van der Waals surface area contributed by atoms with Crippen LogP contribution >= 0.6 is 24.0 Å². The zero-order valence-electron chi connectivity index (χ0n) is 14.7. The van der Waals surface area contributed by atoms with E-state index in [9.17, 15) is 4.79 Å². The summed E-state index contributed by atoms with van der Waals surface area (Å²) in [6.45, 7) is 7.80. The molecule has 0 bridgehead atoms. The van der Waals surface area contributed by atoms with Crippen molar-refractivity contribution in [3.63, 3.8) is 0 Å². The lowest BCUT2D eigenvalue weighted by atomic mass is 10.4. The van der Waals surface area contributed by atoms with Crippen molar-refractivity contribution in [2.75, 3.05) is 53.0 Å². The van der Waals surface area contributed by atoms with Crippen molar-refractivity contribution in [3.05, 3.63) is 23.7 Å². The van der Waals surface area contributed by atoms with E-state index < -0.39 is 5.97 Å². The van der Waals surface area contributed by atoms with Gasteiger partial charge < -0.3 is 24.5 Å². The average molecular weight is 466 g/mol. The van der Waals surface area contributed by atoms with Crippen molar-refractivity contribution >= 4 is 35.9 Å². The fourth-order valence-electron chi connectivity index (χ4n) is 2.33. The van der Waals surface area contributed by atoms with Gasteiger partial charge in [-0.15, -0.1) is 24.0 Å². The van der Waals surface area contributed by atoms with E-state index in [0.717, 1.165) is 39.4 Å². The SMILES string of the molecule is CCOC(=O)c1ccc(CNC(=NC)NCCN2CCOCC2)o1.I. The highest BCUT2D eigenvalue weighted by Crippen LogP contribution is 2.09. The van der Waals surface area contributed by atoms with Gasteiger partial charge >= 0.3 is 5.97 Å². The average Bonchev–Trinajstić information content (AvgIpc) is 3.08. The van der Waals surface area contributed by atoms with Crippen molar-refractivity contribution in [1.29, 1.82) is 0 Å². The first-order valence-electron chi connectivity index (χ1n) is 8.23. The van der Waals surface area contributed by atoms with Crippen LogP contribution < -0.4 is 10.6 Å². The van der Waals surface area contributed by atoms with Crippen molar-refractivity contribution in [3.8, 4) is 0 Å². The molecule has 0 atom stereocenters. The summed E-state index contributed by atoms with van der Waals surface area (Å²) in [5, 5.41) is 6.42. The fourth-order valence-corrected chi connectivity index (χ4v) is 2.33. The number of esters is 1. The lowest BCUT2D eigenvalue weighted by molar-refractivity contribution is 0.0389. The minimum atomic E-state index is -0.447. The second-order valence-electron chi connectivity index (χ2n) is 5.29. The molecule has 0 radical (unpaired) electrons. The molecule has 0 aliphatic carbocycles. The van der Waals surface area contributed by atoms with Gasteiger partial charge in [0.05, 0.1) is 26.4 Å². The number of nitrogens with one attached hydrogen (secondary N) is 2. The summed E-state index contributed by atoms with van der Waals surface area (Å²) in [4.78, 5) is 18.1. The number of hydrogen-bond donors (Lipinski definition) is 2. The molecule has 0 amide bonds. The molecule has 2 N–H and O–H groups in total. The number of nitrogens with zero attached hydrogens (tertiary/aromatic N) is 2. The van der Waals surface area contributed by atoms with E-state index in [0.29, 0.717) is 24.9 Å². The molecule has 1 fully saturated rings. The van der Waals surface area contributed by atoms with Crippen LogP contribution in [0.1, 0.15) is 23.2 Å². The monoisotopic (exact) mass is 466 g/mol. The molecule has 9 heteroatoms. The lowest BCUT2D eigenvalue weighted by Crippen LogP contribution is -2.44. The summed E-state index contributed by atoms with van der Waals surface area (Å²) in [5.74, 6) is 1.10. The van der Waals surface area contributed by atoms with Crippen LogP contribution in [-0.2, 0) is 16.0 Å². The van der Waals surface area contributed by atoms with Gasteiger partial charge in [-0.3, -0.25) is 9.89 Å². The van der Waals surface area contributed by atoms with Gasteiger partial charge in [-0.05, 0) is 19.1 Å². The van der Waals surface area contributed by atoms with Crippen LogP contribution in [0, 0.1) is 0 Å². The van der Waals surface area contributed by atoms with E-state index in [1.54, 1.807) is 26.1 Å². The van der Waals surface area contributed by atoms with Gasteiger partial charge in [0.2, 0.25) is 5.76 Å². The molecule has 1 aromatic heterocycles.